The first-order chi connectivity index (χ1) is 9.02. The Morgan fingerprint density at radius 2 is 1.79 bits per heavy atom. The molecule has 19 heavy (non-hydrogen) atoms. The van der Waals surface area contributed by atoms with E-state index in [1.807, 2.05) is 38.1 Å². The first-order valence-electron chi connectivity index (χ1n) is 6.24. The summed E-state index contributed by atoms with van der Waals surface area (Å²) in [5.74, 6) is -0.238. The van der Waals surface area contributed by atoms with E-state index >= 15 is 0 Å². The summed E-state index contributed by atoms with van der Waals surface area (Å²) in [6.45, 7) is 3.94. The summed E-state index contributed by atoms with van der Waals surface area (Å²) in [6, 6.07) is 12.9. The summed E-state index contributed by atoms with van der Waals surface area (Å²) in [4.78, 5) is 12.0. The molecule has 1 heterocycles. The van der Waals surface area contributed by atoms with Crippen LogP contribution in [-0.4, -0.2) is 11.0 Å². The second kappa shape index (κ2) is 3.93. The van der Waals surface area contributed by atoms with Gasteiger partial charge in [0.1, 0.15) is 0 Å². The van der Waals surface area contributed by atoms with E-state index in [4.69, 9.17) is 0 Å². The molecule has 1 amide bonds. The minimum Gasteiger partial charge on any atom is -0.363 e. The van der Waals surface area contributed by atoms with Crippen molar-refractivity contribution >= 4 is 5.91 Å². The fourth-order valence-electron chi connectivity index (χ4n) is 2.73. The molecule has 2 aromatic rings. The largest absolute Gasteiger partial charge is 0.363 e. The van der Waals surface area contributed by atoms with Crippen LogP contribution in [0, 0.1) is 13.8 Å². The molecule has 0 saturated carbocycles. The molecule has 0 radical (unpaired) electrons. The molecule has 0 fully saturated rings. The summed E-state index contributed by atoms with van der Waals surface area (Å²) in [7, 11) is 0. The van der Waals surface area contributed by atoms with E-state index in [0.717, 1.165) is 16.7 Å². The summed E-state index contributed by atoms with van der Waals surface area (Å²) in [6.07, 6.45) is 0. The van der Waals surface area contributed by atoms with Crippen LogP contribution < -0.4 is 5.32 Å². The van der Waals surface area contributed by atoms with Gasteiger partial charge >= 0.3 is 0 Å². The molecule has 1 unspecified atom stereocenters. The zero-order valence-electron chi connectivity index (χ0n) is 10.9. The first-order valence-corrected chi connectivity index (χ1v) is 6.24. The number of nitrogens with one attached hydrogen (secondary N) is 1. The van der Waals surface area contributed by atoms with Gasteiger partial charge in [-0.05, 0) is 25.5 Å². The highest BCUT2D eigenvalue weighted by molar-refractivity contribution is 6.00. The first kappa shape index (κ1) is 11.9. The molecule has 0 aromatic heterocycles. The molecular weight excluding hydrogens is 238 g/mol. The fraction of sp³-hybridized carbons (Fsp3) is 0.188. The lowest BCUT2D eigenvalue weighted by molar-refractivity contribution is 0.0472. The van der Waals surface area contributed by atoms with Crippen molar-refractivity contribution in [2.75, 3.05) is 0 Å². The molecule has 1 aliphatic heterocycles. The van der Waals surface area contributed by atoms with Crippen molar-refractivity contribution in [3.63, 3.8) is 0 Å². The molecule has 2 N–H and O–H groups in total. The summed E-state index contributed by atoms with van der Waals surface area (Å²) in [5.41, 5.74) is 2.53. The average Bonchev–Trinajstić information content (AvgIpc) is 2.63. The van der Waals surface area contributed by atoms with Crippen LogP contribution in [0.25, 0.3) is 0 Å². The Kier molecular flexibility index (Phi) is 2.47. The summed E-state index contributed by atoms with van der Waals surface area (Å²) >= 11 is 0. The van der Waals surface area contributed by atoms with Crippen molar-refractivity contribution in [1.82, 2.24) is 5.32 Å². The highest BCUT2D eigenvalue weighted by Crippen LogP contribution is 2.36. The van der Waals surface area contributed by atoms with Crippen LogP contribution in [0.5, 0.6) is 0 Å². The second-order valence-electron chi connectivity index (χ2n) is 5.03. The van der Waals surface area contributed by atoms with E-state index in [1.54, 1.807) is 18.2 Å². The molecule has 1 atom stereocenters. The zero-order chi connectivity index (χ0) is 13.6. The van der Waals surface area contributed by atoms with Gasteiger partial charge in [-0.25, -0.2) is 0 Å². The molecule has 0 bridgehead atoms. The number of hydrogen-bond acceptors (Lipinski definition) is 2. The van der Waals surface area contributed by atoms with Gasteiger partial charge in [0.25, 0.3) is 5.91 Å². The predicted molar refractivity (Wildman–Crippen MR) is 72.8 cm³/mol. The number of carbonyl (C=O) groups is 1. The second-order valence-corrected chi connectivity index (χ2v) is 5.03. The third-order valence-electron chi connectivity index (χ3n) is 3.63. The highest BCUT2D eigenvalue weighted by atomic mass is 16.3. The van der Waals surface area contributed by atoms with Crippen LogP contribution in [0.4, 0.5) is 0 Å². The Balaban J connectivity index is 2.23. The Bertz CT molecular complexity index is 678. The third-order valence-corrected chi connectivity index (χ3v) is 3.63. The van der Waals surface area contributed by atoms with Crippen LogP contribution in [0.1, 0.15) is 32.6 Å². The number of aliphatic hydroxyl groups is 1. The lowest BCUT2D eigenvalue weighted by atomic mass is 9.91. The van der Waals surface area contributed by atoms with Crippen LogP contribution in [-0.2, 0) is 5.72 Å². The molecule has 3 nitrogen and oxygen atoms in total. The smallest absolute Gasteiger partial charge is 0.254 e. The molecule has 1 aliphatic rings. The van der Waals surface area contributed by atoms with Crippen molar-refractivity contribution < 1.29 is 9.90 Å². The van der Waals surface area contributed by atoms with Gasteiger partial charge in [-0.1, -0.05) is 42.0 Å². The maximum absolute atomic E-state index is 12.0. The van der Waals surface area contributed by atoms with E-state index in [9.17, 15) is 9.90 Å². The molecular formula is C16H15NO2. The van der Waals surface area contributed by atoms with E-state index in [-0.39, 0.29) is 5.91 Å². The Hall–Kier alpha value is -2.13. The van der Waals surface area contributed by atoms with Gasteiger partial charge in [-0.2, -0.15) is 0 Å². The van der Waals surface area contributed by atoms with Gasteiger partial charge in [0.2, 0.25) is 0 Å². The minimum atomic E-state index is -1.43. The molecule has 3 heteroatoms. The third kappa shape index (κ3) is 1.66. The molecule has 3 rings (SSSR count). The van der Waals surface area contributed by atoms with Gasteiger partial charge in [0.05, 0.1) is 0 Å². The fourth-order valence-corrected chi connectivity index (χ4v) is 2.73. The summed E-state index contributed by atoms with van der Waals surface area (Å²) < 4.78 is 0. The summed E-state index contributed by atoms with van der Waals surface area (Å²) in [5, 5.41) is 13.6. The van der Waals surface area contributed by atoms with Gasteiger partial charge in [-0.15, -0.1) is 0 Å². The highest BCUT2D eigenvalue weighted by Gasteiger charge is 2.43. The standard InChI is InChI=1S/C16H15NO2/c1-10-7-8-13(11(2)9-10)16(19)14-6-4-3-5-12(14)15(18)17-16/h3-9,19H,1-2H3,(H,17,18). The average molecular weight is 253 g/mol. The maximum Gasteiger partial charge on any atom is 0.254 e. The van der Waals surface area contributed by atoms with Crippen LogP contribution in [0.15, 0.2) is 42.5 Å². The van der Waals surface area contributed by atoms with Crippen molar-refractivity contribution in [2.24, 2.45) is 0 Å². The lowest BCUT2D eigenvalue weighted by Crippen LogP contribution is -2.40. The number of benzene rings is 2. The molecule has 0 aliphatic carbocycles. The number of rotatable bonds is 1. The Morgan fingerprint density at radius 3 is 2.53 bits per heavy atom. The van der Waals surface area contributed by atoms with Gasteiger partial charge in [0, 0.05) is 16.7 Å². The molecule has 0 saturated heterocycles. The van der Waals surface area contributed by atoms with Crippen LogP contribution in [0.3, 0.4) is 0 Å². The molecule has 96 valence electrons. The number of amides is 1. The maximum atomic E-state index is 12.0. The van der Waals surface area contributed by atoms with E-state index < -0.39 is 5.72 Å². The Morgan fingerprint density at radius 1 is 1.05 bits per heavy atom. The normalized spacial score (nSPS) is 21.1. The quantitative estimate of drug-likeness (QED) is 0.819. The van der Waals surface area contributed by atoms with E-state index in [2.05, 4.69) is 5.32 Å². The lowest BCUT2D eigenvalue weighted by Gasteiger charge is -2.26. The predicted octanol–water partition coefficient (Wildman–Crippen LogP) is 2.24. The molecule has 2 aromatic carbocycles. The van der Waals surface area contributed by atoms with Crippen LogP contribution in [0.2, 0.25) is 0 Å². The topological polar surface area (TPSA) is 49.3 Å². The van der Waals surface area contributed by atoms with E-state index in [0.29, 0.717) is 11.1 Å². The van der Waals surface area contributed by atoms with Gasteiger partial charge < -0.3 is 10.4 Å². The van der Waals surface area contributed by atoms with Crippen molar-refractivity contribution in [1.29, 1.82) is 0 Å². The van der Waals surface area contributed by atoms with Gasteiger partial charge in [-0.3, -0.25) is 4.79 Å². The SMILES string of the molecule is Cc1ccc(C2(O)NC(=O)c3ccccc32)c(C)c1. The number of hydrogen-bond donors (Lipinski definition) is 2. The molecule has 0 spiro atoms. The number of aryl methyl sites for hydroxylation is 2. The van der Waals surface area contributed by atoms with Crippen molar-refractivity contribution in [2.45, 2.75) is 19.6 Å². The number of fused-ring (bicyclic) bond motifs is 1. The monoisotopic (exact) mass is 253 g/mol. The Labute approximate surface area is 111 Å². The van der Waals surface area contributed by atoms with E-state index in [1.165, 1.54) is 0 Å². The minimum absolute atomic E-state index is 0.238. The van der Waals surface area contributed by atoms with Crippen molar-refractivity contribution in [3.8, 4) is 0 Å². The zero-order valence-corrected chi connectivity index (χ0v) is 10.9. The van der Waals surface area contributed by atoms with Gasteiger partial charge in [0.15, 0.2) is 5.72 Å². The van der Waals surface area contributed by atoms with Crippen LogP contribution >= 0.6 is 0 Å². The van der Waals surface area contributed by atoms with Crippen molar-refractivity contribution in [3.05, 3.63) is 70.3 Å². The number of carbonyl (C=O) groups excluding carboxylic acids is 1.